The smallest absolute Gasteiger partial charge is 0.259 e. The summed E-state index contributed by atoms with van der Waals surface area (Å²) in [6, 6.07) is 3.46. The van der Waals surface area contributed by atoms with Gasteiger partial charge in [0.25, 0.3) is 5.91 Å². The molecule has 16 heteroatoms. The molecule has 312 valence electrons. The van der Waals surface area contributed by atoms with Gasteiger partial charge in [-0.2, -0.15) is 0 Å². The third-order valence-electron chi connectivity index (χ3n) is 12.5. The van der Waals surface area contributed by atoms with Gasteiger partial charge >= 0.3 is 0 Å². The minimum absolute atomic E-state index is 0.0230. The number of carbonyl (C=O) groups excluding carboxylic acids is 4. The lowest BCUT2D eigenvalue weighted by Crippen LogP contribution is -2.59. The van der Waals surface area contributed by atoms with Crippen LogP contribution in [0.5, 0.6) is 17.4 Å². The number of allylic oxidation sites excluding steroid dienone is 3. The highest BCUT2D eigenvalue weighted by molar-refractivity contribution is 8.04. The lowest BCUT2D eigenvalue weighted by Gasteiger charge is -2.30. The van der Waals surface area contributed by atoms with Crippen molar-refractivity contribution < 1.29 is 41.8 Å². The predicted octanol–water partition coefficient (Wildman–Crippen LogP) is 4.73. The molecular weight excluding hydrogens is 783 g/mol. The Labute approximate surface area is 343 Å². The first-order chi connectivity index (χ1) is 27.7. The Bertz CT molecular complexity index is 2190. The number of sulfonamides is 1. The van der Waals surface area contributed by atoms with Crippen LogP contribution in [0.2, 0.25) is 0 Å². The fourth-order valence-electron chi connectivity index (χ4n) is 8.24. The lowest BCUT2D eigenvalue weighted by atomic mass is 10.0. The van der Waals surface area contributed by atoms with Crippen LogP contribution in [0.25, 0.3) is 10.9 Å². The van der Waals surface area contributed by atoms with Crippen molar-refractivity contribution in [2.24, 2.45) is 5.92 Å². The largest absolute Gasteiger partial charge is 0.496 e. The van der Waals surface area contributed by atoms with Crippen molar-refractivity contribution in [3.05, 3.63) is 46.9 Å². The lowest BCUT2D eigenvalue weighted by molar-refractivity contribution is -0.142. The van der Waals surface area contributed by atoms with Gasteiger partial charge < -0.3 is 29.7 Å². The second kappa shape index (κ2) is 15.7. The van der Waals surface area contributed by atoms with Crippen LogP contribution in [-0.4, -0.2) is 95.4 Å². The molecule has 4 fully saturated rings. The molecule has 1 aromatic heterocycles. The standard InChI is InChI=1S/C42H53N5O9S2/c1-24-12-17-34(57-24)38(49)43-30-11-9-7-5-6-8-10-26-22-42(26,40(51)46-58(52,53)41(3)18-19-41)45-37(48)31-20-28(23-47(31)39(30)50)55-33-21-35(56-27-13-14-27)44-36-25(2)32(54-4)16-15-29(33)36/h8,10,12,15-16,21,26-28,30-31,34H,5-7,9,11,13-14,17-20,22-23H2,1-4H3,(H,43,49)(H,45,48)(H,46,51)/b10-8-/t26?,28-,30+,31+,34?,42-/m1/s1. The van der Waals surface area contributed by atoms with E-state index in [9.17, 15) is 27.6 Å². The number of fused-ring (bicyclic) bond motifs is 3. The molecule has 3 aliphatic carbocycles. The number of carbonyl (C=O) groups is 4. The topological polar surface area (TPSA) is 182 Å². The minimum atomic E-state index is -3.99. The van der Waals surface area contributed by atoms with Gasteiger partial charge in [-0.05, 0) is 95.6 Å². The highest BCUT2D eigenvalue weighted by Gasteiger charge is 2.63. The van der Waals surface area contributed by atoms with Crippen molar-refractivity contribution in [1.29, 1.82) is 0 Å². The molecule has 4 heterocycles. The Morgan fingerprint density at radius 2 is 1.83 bits per heavy atom. The number of rotatable bonds is 10. The Kier molecular flexibility index (Phi) is 11.0. The molecule has 2 aromatic rings. The summed E-state index contributed by atoms with van der Waals surface area (Å²) in [7, 11) is -2.40. The number of methoxy groups -OCH3 is 1. The molecule has 58 heavy (non-hydrogen) atoms. The van der Waals surface area contributed by atoms with Crippen LogP contribution in [0.15, 0.2) is 41.3 Å². The van der Waals surface area contributed by atoms with Crippen LogP contribution in [0.3, 0.4) is 0 Å². The molecule has 4 amide bonds. The van der Waals surface area contributed by atoms with Gasteiger partial charge in [0.1, 0.15) is 41.3 Å². The normalized spacial score (nSPS) is 30.1. The van der Waals surface area contributed by atoms with Crippen molar-refractivity contribution in [3.63, 3.8) is 0 Å². The molecule has 3 aliphatic heterocycles. The molecule has 0 bridgehead atoms. The molecule has 3 N–H and O–H groups in total. The molecule has 0 radical (unpaired) electrons. The average molecular weight is 836 g/mol. The first kappa shape index (κ1) is 40.5. The van der Waals surface area contributed by atoms with E-state index in [4.69, 9.17) is 19.2 Å². The molecule has 1 aromatic carbocycles. The van der Waals surface area contributed by atoms with E-state index >= 15 is 0 Å². The SMILES string of the molecule is COc1ccc2c(O[C@@H]3C[C@H]4C(=O)N[C@]5(C(=O)NS(=O)(=O)C6(C)CC6)CC5/C=C\CCCCC[C@H](NC(=O)C5CC=C(C)S5)C(=O)N4C3)cc(OC3CC3)nc2c1C. The molecule has 8 rings (SSSR count). The van der Waals surface area contributed by atoms with Crippen LogP contribution >= 0.6 is 11.8 Å². The van der Waals surface area contributed by atoms with Gasteiger partial charge in [0.05, 0.1) is 29.2 Å². The molecule has 3 saturated carbocycles. The highest BCUT2D eigenvalue weighted by Crippen LogP contribution is 2.48. The van der Waals surface area contributed by atoms with E-state index in [1.54, 1.807) is 20.1 Å². The van der Waals surface area contributed by atoms with E-state index in [2.05, 4.69) is 15.4 Å². The van der Waals surface area contributed by atoms with E-state index in [1.165, 1.54) is 16.7 Å². The molecule has 6 aliphatic rings. The van der Waals surface area contributed by atoms with Gasteiger partial charge in [0, 0.05) is 29.4 Å². The maximum absolute atomic E-state index is 14.8. The number of ether oxygens (including phenoxy) is 3. The van der Waals surface area contributed by atoms with Crippen molar-refractivity contribution in [3.8, 4) is 17.4 Å². The second-order valence-corrected chi connectivity index (χ2v) is 20.6. The number of thioether (sulfide) groups is 1. The number of hydrogen-bond donors (Lipinski definition) is 3. The minimum Gasteiger partial charge on any atom is -0.496 e. The van der Waals surface area contributed by atoms with Gasteiger partial charge in [-0.25, -0.2) is 13.4 Å². The van der Waals surface area contributed by atoms with E-state index in [-0.39, 0.29) is 36.6 Å². The third-order valence-corrected chi connectivity index (χ3v) is 15.9. The molecule has 6 atom stereocenters. The molecule has 2 unspecified atom stereocenters. The number of nitrogens with one attached hydrogen (secondary N) is 3. The molecule has 14 nitrogen and oxygen atoms in total. The second-order valence-electron chi connectivity index (χ2n) is 17.0. The van der Waals surface area contributed by atoms with E-state index in [0.29, 0.717) is 66.8 Å². The molecule has 0 spiro atoms. The number of benzene rings is 1. The van der Waals surface area contributed by atoms with Crippen LogP contribution in [0.1, 0.15) is 96.5 Å². The van der Waals surface area contributed by atoms with Crippen molar-refractivity contribution in [1.82, 2.24) is 25.2 Å². The van der Waals surface area contributed by atoms with Crippen molar-refractivity contribution in [2.45, 2.75) is 138 Å². The van der Waals surface area contributed by atoms with Crippen LogP contribution in [0.4, 0.5) is 0 Å². The summed E-state index contributed by atoms with van der Waals surface area (Å²) in [5, 5.41) is 6.34. The van der Waals surface area contributed by atoms with Crippen molar-refractivity contribution in [2.75, 3.05) is 13.7 Å². The van der Waals surface area contributed by atoms with Crippen molar-refractivity contribution >= 4 is 56.3 Å². The maximum Gasteiger partial charge on any atom is 0.259 e. The monoisotopic (exact) mass is 835 g/mol. The van der Waals surface area contributed by atoms with Gasteiger partial charge in [-0.15, -0.1) is 11.8 Å². The van der Waals surface area contributed by atoms with Gasteiger partial charge in [-0.1, -0.05) is 31.1 Å². The zero-order chi connectivity index (χ0) is 41.0. The quantitative estimate of drug-likeness (QED) is 0.282. The molecule has 1 saturated heterocycles. The fourth-order valence-corrected chi connectivity index (χ4v) is 10.6. The maximum atomic E-state index is 14.8. The molecular formula is C42H53N5O9S2. The van der Waals surface area contributed by atoms with Gasteiger partial charge in [0.15, 0.2) is 0 Å². The Morgan fingerprint density at radius 3 is 2.53 bits per heavy atom. The van der Waals surface area contributed by atoms with Crippen LogP contribution < -0.4 is 29.6 Å². The first-order valence-corrected chi connectivity index (χ1v) is 22.9. The number of aryl methyl sites for hydroxylation is 1. The Morgan fingerprint density at radius 1 is 1.03 bits per heavy atom. The Balaban J connectivity index is 1.11. The predicted molar refractivity (Wildman–Crippen MR) is 219 cm³/mol. The third kappa shape index (κ3) is 8.15. The number of pyridine rings is 1. The zero-order valence-electron chi connectivity index (χ0n) is 33.5. The summed E-state index contributed by atoms with van der Waals surface area (Å²) >= 11 is 1.47. The average Bonchev–Trinajstić information content (AvgIpc) is 4.15. The Hall–Kier alpha value is -4.31. The van der Waals surface area contributed by atoms with E-state index < -0.39 is 62.1 Å². The summed E-state index contributed by atoms with van der Waals surface area (Å²) in [6.07, 6.45) is 12.3. The number of hydrogen-bond acceptors (Lipinski definition) is 11. The van der Waals surface area contributed by atoms with Gasteiger partial charge in [-0.3, -0.25) is 23.9 Å². The van der Waals surface area contributed by atoms with E-state index in [0.717, 1.165) is 36.2 Å². The summed E-state index contributed by atoms with van der Waals surface area (Å²) in [5.41, 5.74) is -0.0640. The fraction of sp³-hybridized carbons (Fsp3) is 0.595. The zero-order valence-corrected chi connectivity index (χ0v) is 35.1. The summed E-state index contributed by atoms with van der Waals surface area (Å²) in [6.45, 7) is 5.49. The highest BCUT2D eigenvalue weighted by atomic mass is 32.2. The van der Waals surface area contributed by atoms with Crippen LogP contribution in [0, 0.1) is 12.8 Å². The number of aromatic nitrogens is 1. The first-order valence-electron chi connectivity index (χ1n) is 20.5. The summed E-state index contributed by atoms with van der Waals surface area (Å²) in [4.78, 5) is 64.3. The van der Waals surface area contributed by atoms with E-state index in [1.807, 2.05) is 44.2 Å². The summed E-state index contributed by atoms with van der Waals surface area (Å²) in [5.74, 6) is -0.915. The number of nitrogens with zero attached hydrogens (tertiary/aromatic N) is 2. The van der Waals surface area contributed by atoms with Gasteiger partial charge in [0.2, 0.25) is 33.6 Å². The number of amides is 4. The van der Waals surface area contributed by atoms with Crippen LogP contribution in [-0.2, 0) is 29.2 Å². The summed E-state index contributed by atoms with van der Waals surface area (Å²) < 4.78 is 46.2.